The zero-order chi connectivity index (χ0) is 31.2. The van der Waals surface area contributed by atoms with Gasteiger partial charge in [0.2, 0.25) is 0 Å². The van der Waals surface area contributed by atoms with Gasteiger partial charge in [0.15, 0.2) is 0 Å². The normalized spacial score (nSPS) is 10.9. The number of halogens is 2. The summed E-state index contributed by atoms with van der Waals surface area (Å²) in [4.78, 5) is 31.8. The molecule has 0 radical (unpaired) electrons. The van der Waals surface area contributed by atoms with Crippen molar-refractivity contribution < 1.29 is 19.4 Å². The number of urea groups is 1. The van der Waals surface area contributed by atoms with E-state index in [0.29, 0.717) is 69.8 Å². The van der Waals surface area contributed by atoms with Gasteiger partial charge in [-0.1, -0.05) is 24.3 Å². The highest BCUT2D eigenvalue weighted by atomic mass is 35.5. The second-order valence-electron chi connectivity index (χ2n) is 10.1. The van der Waals surface area contributed by atoms with Crippen molar-refractivity contribution in [2.24, 2.45) is 0 Å². The molecule has 0 saturated carbocycles. The average Bonchev–Trinajstić information content (AvgIpc) is 3.00. The number of carboxylic acids is 1. The van der Waals surface area contributed by atoms with E-state index in [1.54, 1.807) is 19.2 Å². The van der Waals surface area contributed by atoms with E-state index in [1.807, 2.05) is 67.6 Å². The Morgan fingerprint density at radius 1 is 0.841 bits per heavy atom. The number of aromatic carboxylic acids is 1. The summed E-state index contributed by atoms with van der Waals surface area (Å²) in [5.74, 6) is 0.416. The van der Waals surface area contributed by atoms with Crippen LogP contribution in [0.2, 0.25) is 0 Å². The first kappa shape index (κ1) is 30.7. The van der Waals surface area contributed by atoms with Crippen molar-refractivity contribution in [3.63, 3.8) is 0 Å². The largest absolute Gasteiger partial charge is 0.494 e. The summed E-state index contributed by atoms with van der Waals surface area (Å²) in [6.45, 7) is 3.27. The van der Waals surface area contributed by atoms with Crippen molar-refractivity contribution in [2.45, 2.75) is 6.92 Å². The van der Waals surface area contributed by atoms with Crippen LogP contribution < -0.4 is 25.6 Å². The predicted octanol–water partition coefficient (Wildman–Crippen LogP) is 8.07. The molecular weight excluding hydrogens is 601 g/mol. The Kier molecular flexibility index (Phi) is 9.57. The Bertz CT molecular complexity index is 1830. The number of methoxy groups -OCH3 is 1. The van der Waals surface area contributed by atoms with Crippen LogP contribution in [-0.4, -0.2) is 54.1 Å². The molecule has 44 heavy (non-hydrogen) atoms. The number of carbonyl (C=O) groups is 2. The molecule has 0 bridgehead atoms. The van der Waals surface area contributed by atoms with Crippen LogP contribution in [0, 0.1) is 6.92 Å². The van der Waals surface area contributed by atoms with Crippen molar-refractivity contribution in [1.29, 1.82) is 0 Å². The third-order valence-electron chi connectivity index (χ3n) is 7.05. The van der Waals surface area contributed by atoms with Gasteiger partial charge in [-0.05, 0) is 67.1 Å². The lowest BCUT2D eigenvalue weighted by atomic mass is 10.0. The fourth-order valence-electron chi connectivity index (χ4n) is 5.13. The number of para-hydroxylation sites is 2. The standard InChI is InChI=1S/C33H31Cl2N5O4/c1-20-17-22(19-23(18-20)38-33(43)37-21-9-11-24(12-10-21)40(15-13-34)16-14-35)36-29-25-5-3-7-27(32(41)42)30(25)39-31-26(29)6-4-8-28(31)44-2/h3-12,17-19H,13-16H2,1-2H3,(H,36,39)(H,41,42)(H2,37,38,43). The maximum atomic E-state index is 12.9. The number of amides is 2. The molecule has 4 aromatic carbocycles. The van der Waals surface area contributed by atoms with Crippen molar-refractivity contribution in [3.05, 3.63) is 90.0 Å². The summed E-state index contributed by atoms with van der Waals surface area (Å²) in [6, 6.07) is 23.3. The molecule has 0 fully saturated rings. The van der Waals surface area contributed by atoms with Crippen molar-refractivity contribution in [3.8, 4) is 5.75 Å². The molecule has 4 N–H and O–H groups in total. The average molecular weight is 633 g/mol. The number of alkyl halides is 2. The first-order valence-corrected chi connectivity index (χ1v) is 14.9. The van der Waals surface area contributed by atoms with Crippen LogP contribution in [0.4, 0.5) is 33.2 Å². The third kappa shape index (κ3) is 6.74. The lowest BCUT2D eigenvalue weighted by Crippen LogP contribution is -2.27. The van der Waals surface area contributed by atoms with Gasteiger partial charge in [-0.15, -0.1) is 23.2 Å². The van der Waals surface area contributed by atoms with Gasteiger partial charge in [0.1, 0.15) is 11.3 Å². The topological polar surface area (TPSA) is 116 Å². The summed E-state index contributed by atoms with van der Waals surface area (Å²) in [7, 11) is 1.55. The molecule has 0 unspecified atom stereocenters. The van der Waals surface area contributed by atoms with E-state index >= 15 is 0 Å². The van der Waals surface area contributed by atoms with Crippen molar-refractivity contribution in [2.75, 3.05) is 52.8 Å². The number of ether oxygens (including phenoxy) is 1. The molecule has 5 aromatic rings. The first-order chi connectivity index (χ1) is 21.3. The quantitative estimate of drug-likeness (QED) is 0.0860. The molecule has 1 heterocycles. The van der Waals surface area contributed by atoms with E-state index in [0.717, 1.165) is 16.6 Å². The number of nitrogens with zero attached hydrogens (tertiary/aromatic N) is 2. The fourth-order valence-corrected chi connectivity index (χ4v) is 5.54. The highest BCUT2D eigenvalue weighted by Gasteiger charge is 2.18. The van der Waals surface area contributed by atoms with Gasteiger partial charge < -0.3 is 30.7 Å². The van der Waals surface area contributed by atoms with E-state index in [-0.39, 0.29) is 5.56 Å². The highest BCUT2D eigenvalue weighted by molar-refractivity contribution is 6.18. The number of pyridine rings is 1. The van der Waals surface area contributed by atoms with Gasteiger partial charge >= 0.3 is 12.0 Å². The number of carbonyl (C=O) groups excluding carboxylic acids is 1. The molecule has 226 valence electrons. The number of benzene rings is 4. The maximum Gasteiger partial charge on any atom is 0.337 e. The molecule has 9 nitrogen and oxygen atoms in total. The van der Waals surface area contributed by atoms with Crippen LogP contribution >= 0.6 is 23.2 Å². The SMILES string of the molecule is COc1cccc2c(Nc3cc(C)cc(NC(=O)Nc4ccc(N(CCCl)CCCl)cc4)c3)c3cccc(C(=O)O)c3nc12. The van der Waals surface area contributed by atoms with Gasteiger partial charge in [-0.2, -0.15) is 0 Å². The number of hydrogen-bond donors (Lipinski definition) is 4. The molecule has 0 spiro atoms. The molecule has 0 aliphatic carbocycles. The Hall–Kier alpha value is -4.73. The Morgan fingerprint density at radius 3 is 2.14 bits per heavy atom. The zero-order valence-corrected chi connectivity index (χ0v) is 25.7. The number of aryl methyl sites for hydroxylation is 1. The monoisotopic (exact) mass is 631 g/mol. The fraction of sp³-hybridized carbons (Fsp3) is 0.182. The Morgan fingerprint density at radius 2 is 1.48 bits per heavy atom. The van der Waals surface area contributed by atoms with E-state index in [9.17, 15) is 14.7 Å². The Labute approximate surface area is 264 Å². The van der Waals surface area contributed by atoms with E-state index < -0.39 is 12.0 Å². The van der Waals surface area contributed by atoms with Gasteiger partial charge in [0, 0.05) is 58.4 Å². The van der Waals surface area contributed by atoms with Crippen molar-refractivity contribution in [1.82, 2.24) is 4.98 Å². The van der Waals surface area contributed by atoms with E-state index in [2.05, 4.69) is 20.9 Å². The number of carboxylic acid groups (broad SMARTS) is 1. The molecule has 0 aliphatic heterocycles. The molecule has 5 rings (SSSR count). The van der Waals surface area contributed by atoms with E-state index in [4.69, 9.17) is 32.9 Å². The minimum atomic E-state index is -1.08. The molecule has 0 atom stereocenters. The molecular formula is C33H31Cl2N5O4. The summed E-state index contributed by atoms with van der Waals surface area (Å²) < 4.78 is 5.55. The number of aromatic nitrogens is 1. The summed E-state index contributed by atoms with van der Waals surface area (Å²) in [5.41, 5.74) is 5.39. The number of nitrogens with one attached hydrogen (secondary N) is 3. The van der Waals surface area contributed by atoms with Crippen LogP contribution in [0.1, 0.15) is 15.9 Å². The second-order valence-corrected chi connectivity index (χ2v) is 10.8. The zero-order valence-electron chi connectivity index (χ0n) is 24.2. The number of rotatable bonds is 11. The van der Waals surface area contributed by atoms with Crippen LogP contribution in [-0.2, 0) is 0 Å². The van der Waals surface area contributed by atoms with Crippen LogP contribution in [0.15, 0.2) is 78.9 Å². The van der Waals surface area contributed by atoms with Gasteiger partial charge in [-0.3, -0.25) is 0 Å². The summed E-state index contributed by atoms with van der Waals surface area (Å²) in [6.07, 6.45) is 0. The molecule has 0 aliphatic rings. The lowest BCUT2D eigenvalue weighted by Gasteiger charge is -2.23. The van der Waals surface area contributed by atoms with E-state index in [1.165, 1.54) is 6.07 Å². The smallest absolute Gasteiger partial charge is 0.337 e. The minimum absolute atomic E-state index is 0.0838. The van der Waals surface area contributed by atoms with Gasteiger partial charge in [0.05, 0.1) is 23.9 Å². The van der Waals surface area contributed by atoms with Crippen LogP contribution in [0.25, 0.3) is 21.8 Å². The molecule has 11 heteroatoms. The minimum Gasteiger partial charge on any atom is -0.494 e. The van der Waals surface area contributed by atoms with Gasteiger partial charge in [-0.25, -0.2) is 14.6 Å². The molecule has 1 aromatic heterocycles. The van der Waals surface area contributed by atoms with Crippen LogP contribution in [0.3, 0.4) is 0 Å². The highest BCUT2D eigenvalue weighted by Crippen LogP contribution is 2.38. The molecule has 2 amide bonds. The first-order valence-electron chi connectivity index (χ1n) is 13.9. The predicted molar refractivity (Wildman–Crippen MR) is 180 cm³/mol. The number of fused-ring (bicyclic) bond motifs is 2. The third-order valence-corrected chi connectivity index (χ3v) is 7.39. The Balaban J connectivity index is 1.42. The van der Waals surface area contributed by atoms with Crippen molar-refractivity contribution >= 4 is 85.4 Å². The van der Waals surface area contributed by atoms with Crippen LogP contribution in [0.5, 0.6) is 5.75 Å². The summed E-state index contributed by atoms with van der Waals surface area (Å²) >= 11 is 11.8. The second kappa shape index (κ2) is 13.7. The number of anilines is 5. The lowest BCUT2D eigenvalue weighted by molar-refractivity contribution is 0.0699. The van der Waals surface area contributed by atoms with Gasteiger partial charge in [0.25, 0.3) is 0 Å². The maximum absolute atomic E-state index is 12.9. The molecule has 0 saturated heterocycles. The summed E-state index contributed by atoms with van der Waals surface area (Å²) in [5, 5.41) is 20.5. The number of hydrogen-bond acceptors (Lipinski definition) is 6.